The van der Waals surface area contributed by atoms with E-state index >= 15 is 0 Å². The first-order valence-electron chi connectivity index (χ1n) is 2.89. The highest BCUT2D eigenvalue weighted by atomic mass is 16.6. The zero-order chi connectivity index (χ0) is 8.43. The zero-order valence-corrected chi connectivity index (χ0v) is 5.70. The van der Waals surface area contributed by atoms with Crippen molar-refractivity contribution in [1.82, 2.24) is 4.98 Å². The van der Waals surface area contributed by atoms with Gasteiger partial charge in [0.25, 0.3) is 5.69 Å². The molecular formula is C6H5BN2O2. The first kappa shape index (κ1) is 7.59. The highest BCUT2D eigenvalue weighted by Gasteiger charge is 2.07. The average molecular weight is 148 g/mol. The van der Waals surface area contributed by atoms with Crippen LogP contribution in [0.1, 0.15) is 5.69 Å². The van der Waals surface area contributed by atoms with Crippen LogP contribution in [0.25, 0.3) is 5.47 Å². The monoisotopic (exact) mass is 148 g/mol. The van der Waals surface area contributed by atoms with Gasteiger partial charge in [0.15, 0.2) is 0 Å². The molecule has 0 unspecified atom stereocenters. The zero-order valence-electron chi connectivity index (χ0n) is 5.70. The summed E-state index contributed by atoms with van der Waals surface area (Å²) >= 11 is 0. The van der Waals surface area contributed by atoms with Crippen LogP contribution in [0.3, 0.4) is 0 Å². The molecule has 0 amide bonds. The van der Waals surface area contributed by atoms with Crippen LogP contribution in [0.15, 0.2) is 18.8 Å². The van der Waals surface area contributed by atoms with E-state index in [4.69, 9.17) is 7.85 Å². The normalized spacial score (nSPS) is 9.45. The Hall–Kier alpha value is -1.52. The van der Waals surface area contributed by atoms with E-state index < -0.39 is 4.92 Å². The maximum Gasteiger partial charge on any atom is 0.287 e. The summed E-state index contributed by atoms with van der Waals surface area (Å²) in [6, 6.07) is 1.34. The van der Waals surface area contributed by atoms with Crippen LogP contribution < -0.4 is 0 Å². The van der Waals surface area contributed by atoms with Crippen molar-refractivity contribution in [3.8, 4) is 0 Å². The van der Waals surface area contributed by atoms with Gasteiger partial charge in [0.2, 0.25) is 0 Å². The van der Waals surface area contributed by atoms with E-state index in [0.717, 1.165) is 0 Å². The summed E-state index contributed by atoms with van der Waals surface area (Å²) in [5.74, 6) is 0. The minimum absolute atomic E-state index is 0.00778. The van der Waals surface area contributed by atoms with E-state index in [1.54, 1.807) is 0 Å². The van der Waals surface area contributed by atoms with Crippen LogP contribution in [0.4, 0.5) is 5.69 Å². The number of hydrogen-bond donors (Lipinski definition) is 1. The molecule has 1 aromatic rings. The van der Waals surface area contributed by atoms with Crippen LogP contribution in [0.2, 0.25) is 0 Å². The lowest BCUT2D eigenvalue weighted by Gasteiger charge is -1.88. The molecule has 0 spiro atoms. The lowest BCUT2D eigenvalue weighted by Crippen LogP contribution is -1.83. The number of nitrogens with one attached hydrogen (secondary N) is 1. The number of rotatable bonds is 2. The SMILES string of the molecule is [B]C(=C)c1cc([N+](=O)[O-])c[nH]1. The summed E-state index contributed by atoms with van der Waals surface area (Å²) in [6.07, 6.45) is 1.27. The molecule has 0 atom stereocenters. The van der Waals surface area contributed by atoms with Gasteiger partial charge in [0.05, 0.1) is 11.1 Å². The third-order valence-corrected chi connectivity index (χ3v) is 1.22. The third kappa shape index (κ3) is 1.49. The number of aromatic nitrogens is 1. The topological polar surface area (TPSA) is 58.9 Å². The van der Waals surface area contributed by atoms with Gasteiger partial charge in [-0.25, -0.2) is 0 Å². The average Bonchev–Trinajstić information content (AvgIpc) is 2.33. The fourth-order valence-corrected chi connectivity index (χ4v) is 0.674. The van der Waals surface area contributed by atoms with Crippen molar-refractivity contribution < 1.29 is 4.92 Å². The number of H-pyrrole nitrogens is 1. The van der Waals surface area contributed by atoms with Gasteiger partial charge in [-0.1, -0.05) is 5.47 Å². The lowest BCUT2D eigenvalue weighted by molar-refractivity contribution is -0.384. The molecule has 5 heteroatoms. The fourth-order valence-electron chi connectivity index (χ4n) is 0.674. The van der Waals surface area contributed by atoms with Crippen molar-refractivity contribution in [1.29, 1.82) is 0 Å². The highest BCUT2D eigenvalue weighted by Crippen LogP contribution is 2.15. The Kier molecular flexibility index (Phi) is 1.80. The first-order chi connectivity index (χ1) is 5.11. The van der Waals surface area contributed by atoms with E-state index in [2.05, 4.69) is 11.6 Å². The number of nitro groups is 1. The smallest absolute Gasteiger partial charge is 0.287 e. The fraction of sp³-hybridized carbons (Fsp3) is 0. The molecule has 11 heavy (non-hydrogen) atoms. The van der Waals surface area contributed by atoms with E-state index in [9.17, 15) is 10.1 Å². The number of aromatic amines is 1. The van der Waals surface area contributed by atoms with Gasteiger partial charge < -0.3 is 4.98 Å². The molecule has 0 saturated carbocycles. The highest BCUT2D eigenvalue weighted by molar-refractivity contribution is 6.41. The third-order valence-electron chi connectivity index (χ3n) is 1.22. The molecule has 1 aromatic heterocycles. The van der Waals surface area contributed by atoms with Gasteiger partial charge in [-0.15, -0.1) is 6.58 Å². The van der Waals surface area contributed by atoms with E-state index in [1.165, 1.54) is 12.3 Å². The number of hydrogen-bond acceptors (Lipinski definition) is 2. The van der Waals surface area contributed by atoms with Crippen molar-refractivity contribution in [2.75, 3.05) is 0 Å². The molecule has 1 heterocycles. The van der Waals surface area contributed by atoms with Crippen molar-refractivity contribution in [3.05, 3.63) is 34.7 Å². The summed E-state index contributed by atoms with van der Waals surface area (Å²) in [7, 11) is 5.28. The molecule has 0 saturated heterocycles. The minimum Gasteiger partial charge on any atom is -0.356 e. The van der Waals surface area contributed by atoms with E-state index in [-0.39, 0.29) is 11.2 Å². The lowest BCUT2D eigenvalue weighted by atomic mass is 9.95. The quantitative estimate of drug-likeness (QED) is 0.387. The standard InChI is InChI=1S/C6H5BN2O2/c1-4(7)6-2-5(3-8-6)9(10)11/h2-3,8H,1H2. The van der Waals surface area contributed by atoms with Gasteiger partial charge >= 0.3 is 0 Å². The Bertz CT molecular complexity index is 277. The predicted octanol–water partition coefficient (Wildman–Crippen LogP) is 1.06. The predicted molar refractivity (Wildman–Crippen MR) is 42.2 cm³/mol. The number of nitrogens with zero attached hydrogens (tertiary/aromatic N) is 1. The summed E-state index contributed by atoms with van der Waals surface area (Å²) in [5.41, 5.74) is 0.765. The molecule has 0 aliphatic carbocycles. The molecule has 1 rings (SSSR count). The molecular weight excluding hydrogens is 143 g/mol. The Balaban J connectivity index is 2.99. The van der Waals surface area contributed by atoms with Crippen LogP contribution >= 0.6 is 0 Å². The second-order valence-corrected chi connectivity index (χ2v) is 2.05. The van der Waals surface area contributed by atoms with Gasteiger partial charge in [0, 0.05) is 11.8 Å². The molecule has 4 nitrogen and oxygen atoms in total. The van der Waals surface area contributed by atoms with Crippen LogP contribution in [0.5, 0.6) is 0 Å². The van der Waals surface area contributed by atoms with Crippen molar-refractivity contribution in [3.63, 3.8) is 0 Å². The largest absolute Gasteiger partial charge is 0.356 e. The Labute approximate surface area is 64.5 Å². The van der Waals surface area contributed by atoms with Crippen molar-refractivity contribution >= 4 is 19.0 Å². The molecule has 2 radical (unpaired) electrons. The van der Waals surface area contributed by atoms with Crippen LogP contribution in [-0.4, -0.2) is 17.8 Å². The molecule has 0 aliphatic rings. The second-order valence-electron chi connectivity index (χ2n) is 2.05. The maximum absolute atomic E-state index is 10.2. The molecule has 0 aliphatic heterocycles. The minimum atomic E-state index is -0.497. The molecule has 54 valence electrons. The molecule has 0 fully saturated rings. The van der Waals surface area contributed by atoms with Gasteiger partial charge in [-0.05, 0) is 0 Å². The summed E-state index contributed by atoms with van der Waals surface area (Å²) in [5, 5.41) is 10.2. The summed E-state index contributed by atoms with van der Waals surface area (Å²) < 4.78 is 0. The van der Waals surface area contributed by atoms with E-state index in [0.29, 0.717) is 5.69 Å². The summed E-state index contributed by atoms with van der Waals surface area (Å²) in [6.45, 7) is 3.42. The molecule has 1 N–H and O–H groups in total. The molecule has 0 bridgehead atoms. The summed E-state index contributed by atoms with van der Waals surface area (Å²) in [4.78, 5) is 12.3. The van der Waals surface area contributed by atoms with Crippen molar-refractivity contribution in [2.24, 2.45) is 0 Å². The van der Waals surface area contributed by atoms with Gasteiger partial charge in [0.1, 0.15) is 7.85 Å². The van der Waals surface area contributed by atoms with Gasteiger partial charge in [-0.2, -0.15) is 0 Å². The Morgan fingerprint density at radius 3 is 2.73 bits per heavy atom. The van der Waals surface area contributed by atoms with Crippen molar-refractivity contribution in [2.45, 2.75) is 0 Å². The molecule has 0 aromatic carbocycles. The van der Waals surface area contributed by atoms with Gasteiger partial charge in [-0.3, -0.25) is 10.1 Å². The second kappa shape index (κ2) is 2.61. The maximum atomic E-state index is 10.2. The van der Waals surface area contributed by atoms with E-state index in [1.807, 2.05) is 0 Å². The first-order valence-corrected chi connectivity index (χ1v) is 2.89. The van der Waals surface area contributed by atoms with Crippen LogP contribution in [0, 0.1) is 10.1 Å². The Morgan fingerprint density at radius 1 is 1.82 bits per heavy atom. The Morgan fingerprint density at radius 2 is 2.45 bits per heavy atom. The van der Waals surface area contributed by atoms with Crippen LogP contribution in [-0.2, 0) is 0 Å².